The van der Waals surface area contributed by atoms with Crippen molar-refractivity contribution in [3.63, 3.8) is 0 Å². The Morgan fingerprint density at radius 1 is 0.923 bits per heavy atom. The molecule has 0 saturated carbocycles. The lowest BCUT2D eigenvalue weighted by molar-refractivity contribution is -0.268. The number of carbonyl (C=O) groups is 2. The van der Waals surface area contributed by atoms with Gasteiger partial charge < -0.3 is 29.5 Å². The molecule has 2 saturated heterocycles. The maximum absolute atomic E-state index is 13.0. The van der Waals surface area contributed by atoms with Gasteiger partial charge in [0.25, 0.3) is 0 Å². The second kappa shape index (κ2) is 16.5. The highest BCUT2D eigenvalue weighted by molar-refractivity contribution is 7.99. The van der Waals surface area contributed by atoms with Crippen molar-refractivity contribution in [1.82, 2.24) is 10.2 Å². The Hall–Kier alpha value is -4.36. The molecule has 0 unspecified atom stereocenters. The van der Waals surface area contributed by atoms with E-state index < -0.39 is 30.3 Å². The monoisotopic (exact) mass is 734 g/mol. The maximum Gasteiger partial charge on any atom is 0.471 e. The zero-order valence-electron chi connectivity index (χ0n) is 28.8. The number of carbonyl (C=O) groups excluding carboxylic acids is 2. The molecule has 12 heteroatoms. The number of nitrogens with one attached hydrogen (secondary N) is 1. The molecule has 5 atom stereocenters. The summed E-state index contributed by atoms with van der Waals surface area (Å²) in [6.07, 6.45) is -5.56. The molecule has 0 aromatic heterocycles. The van der Waals surface area contributed by atoms with Crippen LogP contribution in [0.3, 0.4) is 0 Å². The number of amides is 2. The molecule has 2 aliphatic rings. The zero-order chi connectivity index (χ0) is 36.8. The van der Waals surface area contributed by atoms with Gasteiger partial charge in [-0.3, -0.25) is 9.59 Å². The lowest BCUT2D eigenvalue weighted by Crippen LogP contribution is -2.50. The van der Waals surface area contributed by atoms with Crippen LogP contribution in [0.15, 0.2) is 102 Å². The molecule has 6 rings (SSSR count). The molecular formula is C40H41F3N2O6S. The fraction of sp³-hybridized carbons (Fsp3) is 0.350. The summed E-state index contributed by atoms with van der Waals surface area (Å²) in [6.45, 7) is 2.09. The molecule has 2 N–H and O–H groups in total. The third kappa shape index (κ3) is 8.63. The van der Waals surface area contributed by atoms with Crippen molar-refractivity contribution in [1.29, 1.82) is 0 Å². The van der Waals surface area contributed by atoms with E-state index in [4.69, 9.17) is 14.2 Å². The zero-order valence-corrected chi connectivity index (χ0v) is 29.7. The molecule has 8 nitrogen and oxygen atoms in total. The first-order valence-corrected chi connectivity index (χ1v) is 18.2. The Balaban J connectivity index is 1.15. The van der Waals surface area contributed by atoms with Crippen molar-refractivity contribution in [3.05, 3.63) is 119 Å². The summed E-state index contributed by atoms with van der Waals surface area (Å²) in [5.41, 5.74) is 5.23. The minimum atomic E-state index is -5.02. The van der Waals surface area contributed by atoms with Crippen LogP contribution in [-0.2, 0) is 32.2 Å². The fourth-order valence-corrected chi connectivity index (χ4v) is 7.86. The van der Waals surface area contributed by atoms with Crippen LogP contribution in [-0.4, -0.2) is 59.6 Å². The third-order valence-corrected chi connectivity index (χ3v) is 10.7. The van der Waals surface area contributed by atoms with E-state index in [2.05, 4.69) is 12.2 Å². The van der Waals surface area contributed by atoms with E-state index >= 15 is 0 Å². The molecular weight excluding hydrogens is 694 g/mol. The number of halogens is 3. The van der Waals surface area contributed by atoms with Crippen molar-refractivity contribution < 1.29 is 42.1 Å². The number of methoxy groups -OCH3 is 1. The van der Waals surface area contributed by atoms with Crippen LogP contribution in [0.1, 0.15) is 54.4 Å². The number of ether oxygens (including phenoxy) is 3. The number of aliphatic hydroxyl groups excluding tert-OH is 1. The third-order valence-electron chi connectivity index (χ3n) is 9.56. The summed E-state index contributed by atoms with van der Waals surface area (Å²) in [7, 11) is 1.66. The van der Waals surface area contributed by atoms with Crippen LogP contribution in [0.4, 0.5) is 13.2 Å². The molecule has 274 valence electrons. The summed E-state index contributed by atoms with van der Waals surface area (Å²) in [5, 5.41) is 12.3. The summed E-state index contributed by atoms with van der Waals surface area (Å²) in [5.74, 6) is -1.09. The van der Waals surface area contributed by atoms with E-state index in [1.165, 1.54) is 0 Å². The average Bonchev–Trinajstić information content (AvgIpc) is 3.66. The normalized spacial score (nSPS) is 21.9. The Morgan fingerprint density at radius 3 is 2.37 bits per heavy atom. The van der Waals surface area contributed by atoms with Crippen molar-refractivity contribution in [2.24, 2.45) is 5.92 Å². The minimum absolute atomic E-state index is 0.0165. The number of nitrogens with zero attached hydrogens (tertiary/aromatic N) is 1. The first-order chi connectivity index (χ1) is 25.0. The van der Waals surface area contributed by atoms with E-state index in [1.807, 2.05) is 97.1 Å². The van der Waals surface area contributed by atoms with Gasteiger partial charge in [0.1, 0.15) is 11.8 Å². The highest BCUT2D eigenvalue weighted by Crippen LogP contribution is 2.44. The lowest BCUT2D eigenvalue weighted by Gasteiger charge is -2.41. The van der Waals surface area contributed by atoms with Crippen molar-refractivity contribution in [2.45, 2.75) is 68.5 Å². The molecule has 0 radical (unpaired) electrons. The minimum Gasteiger partial charge on any atom is -0.496 e. The SMILES string of the molecule is COc1ccccc1SC[C@H]1O[C@@H](c2ccc(-c3cccc(CNC(=O)[C@@H]4CCCN4C(=O)C(F)(F)F)c3)cc2)O[C@@H](c2ccc(CO)cc2)[C@H]1C. The predicted molar refractivity (Wildman–Crippen MR) is 191 cm³/mol. The standard InChI is InChI=1S/C40H41F3N2O6S/c1-25-34(24-52-35-11-4-3-10-33(35)49-2)50-38(51-36(25)29-14-12-26(23-46)13-15-29)30-18-16-28(17-19-30)31-8-5-7-27(21-31)22-44-37(47)32-9-6-20-45(32)39(48)40(41,42)43/h3-5,7-8,10-19,21,25,32,34,36,38,46H,6,9,20,22-24H2,1-2H3,(H,44,47)/t25-,32-,34+,36+,38+/m0/s1. The second-order valence-corrected chi connectivity index (χ2v) is 14.0. The van der Waals surface area contributed by atoms with Crippen molar-refractivity contribution in [3.8, 4) is 16.9 Å². The summed E-state index contributed by atoms with van der Waals surface area (Å²) < 4.78 is 57.9. The second-order valence-electron chi connectivity index (χ2n) is 13.0. The number of para-hydroxylation sites is 1. The summed E-state index contributed by atoms with van der Waals surface area (Å²) >= 11 is 1.67. The van der Waals surface area contributed by atoms with Gasteiger partial charge in [-0.25, -0.2) is 0 Å². The maximum atomic E-state index is 13.0. The van der Waals surface area contributed by atoms with Gasteiger partial charge in [-0.15, -0.1) is 11.8 Å². The number of likely N-dealkylation sites (tertiary alicyclic amines) is 1. The van der Waals surface area contributed by atoms with Gasteiger partial charge in [-0.1, -0.05) is 85.8 Å². The number of thioether (sulfide) groups is 1. The van der Waals surface area contributed by atoms with E-state index in [0.717, 1.165) is 44.0 Å². The molecule has 2 fully saturated rings. The highest BCUT2D eigenvalue weighted by atomic mass is 32.2. The van der Waals surface area contributed by atoms with E-state index in [1.54, 1.807) is 18.9 Å². The van der Waals surface area contributed by atoms with Gasteiger partial charge in [0, 0.05) is 35.2 Å². The molecule has 4 aromatic rings. The number of aliphatic hydroxyl groups is 1. The van der Waals surface area contributed by atoms with Crippen LogP contribution < -0.4 is 10.1 Å². The van der Waals surface area contributed by atoms with Crippen LogP contribution in [0.25, 0.3) is 11.1 Å². The van der Waals surface area contributed by atoms with Gasteiger partial charge in [0.05, 0.1) is 25.9 Å². The van der Waals surface area contributed by atoms with Gasteiger partial charge in [-0.2, -0.15) is 13.2 Å². The Morgan fingerprint density at radius 2 is 1.65 bits per heavy atom. The van der Waals surface area contributed by atoms with E-state index in [9.17, 15) is 27.9 Å². The quantitative estimate of drug-likeness (QED) is 0.153. The lowest BCUT2D eigenvalue weighted by atomic mass is 9.91. The number of alkyl halides is 3. The smallest absolute Gasteiger partial charge is 0.471 e. The summed E-state index contributed by atoms with van der Waals surface area (Å²) in [6, 6.07) is 29.9. The van der Waals surface area contributed by atoms with Crippen LogP contribution >= 0.6 is 11.8 Å². The largest absolute Gasteiger partial charge is 0.496 e. The topological polar surface area (TPSA) is 97.3 Å². The van der Waals surface area contributed by atoms with Crippen molar-refractivity contribution in [2.75, 3.05) is 19.4 Å². The average molecular weight is 735 g/mol. The van der Waals surface area contributed by atoms with Gasteiger partial charge >= 0.3 is 12.1 Å². The number of hydrogen-bond donors (Lipinski definition) is 2. The van der Waals surface area contributed by atoms with E-state index in [-0.39, 0.29) is 44.2 Å². The first-order valence-electron chi connectivity index (χ1n) is 17.2. The molecule has 2 aliphatic heterocycles. The number of rotatable bonds is 11. The Kier molecular flexibility index (Phi) is 11.9. The Labute approximate surface area is 305 Å². The summed E-state index contributed by atoms with van der Waals surface area (Å²) in [4.78, 5) is 26.3. The van der Waals surface area contributed by atoms with Crippen LogP contribution in [0, 0.1) is 5.92 Å². The van der Waals surface area contributed by atoms with Gasteiger partial charge in [0.2, 0.25) is 5.91 Å². The molecule has 52 heavy (non-hydrogen) atoms. The van der Waals surface area contributed by atoms with Crippen molar-refractivity contribution >= 4 is 23.6 Å². The molecule has 0 spiro atoms. The molecule has 0 aliphatic carbocycles. The first kappa shape index (κ1) is 37.4. The molecule has 4 aromatic carbocycles. The van der Waals surface area contributed by atoms with Crippen LogP contribution in [0.2, 0.25) is 0 Å². The highest BCUT2D eigenvalue weighted by Gasteiger charge is 2.47. The molecule has 2 amide bonds. The van der Waals surface area contributed by atoms with Crippen LogP contribution in [0.5, 0.6) is 5.75 Å². The fourth-order valence-electron chi connectivity index (χ4n) is 6.67. The molecule has 2 heterocycles. The van der Waals surface area contributed by atoms with Gasteiger partial charge in [0.15, 0.2) is 6.29 Å². The number of benzene rings is 4. The predicted octanol–water partition coefficient (Wildman–Crippen LogP) is 7.61. The van der Waals surface area contributed by atoms with E-state index in [0.29, 0.717) is 17.1 Å². The Bertz CT molecular complexity index is 1840. The van der Waals surface area contributed by atoms with Gasteiger partial charge in [-0.05, 0) is 58.9 Å². The molecule has 0 bridgehead atoms. The number of hydrogen-bond acceptors (Lipinski definition) is 7.